The van der Waals surface area contributed by atoms with Gasteiger partial charge in [-0.1, -0.05) is 30.3 Å². The summed E-state index contributed by atoms with van der Waals surface area (Å²) >= 11 is 0. The lowest BCUT2D eigenvalue weighted by Gasteiger charge is -2.37. The van der Waals surface area contributed by atoms with Crippen LogP contribution in [0.15, 0.2) is 58.1 Å². The van der Waals surface area contributed by atoms with Crippen molar-refractivity contribution in [3.8, 4) is 11.6 Å². The lowest BCUT2D eigenvalue weighted by Crippen LogP contribution is -2.49. The van der Waals surface area contributed by atoms with Crippen LogP contribution < -0.4 is 10.6 Å². The van der Waals surface area contributed by atoms with Crippen molar-refractivity contribution in [3.63, 3.8) is 0 Å². The number of aromatic amines is 1. The maximum Gasteiger partial charge on any atom is 0.216 e. The quantitative estimate of drug-likeness (QED) is 0.371. The summed E-state index contributed by atoms with van der Waals surface area (Å²) in [5.74, 6) is 2.92. The van der Waals surface area contributed by atoms with E-state index in [1.54, 1.807) is 6.26 Å². The van der Waals surface area contributed by atoms with Crippen molar-refractivity contribution in [1.82, 2.24) is 30.7 Å². The number of nitrogens with one attached hydrogen (secondary N) is 3. The van der Waals surface area contributed by atoms with Crippen LogP contribution in [0.4, 0.5) is 0 Å². The molecule has 1 atom stereocenters. The molecule has 8 heteroatoms. The molecule has 0 radical (unpaired) electrons. The van der Waals surface area contributed by atoms with Crippen LogP contribution in [0.2, 0.25) is 0 Å². The highest BCUT2D eigenvalue weighted by Crippen LogP contribution is 2.24. The first-order valence-electron chi connectivity index (χ1n) is 11.5. The van der Waals surface area contributed by atoms with Crippen LogP contribution in [0.5, 0.6) is 0 Å². The molecule has 3 N–H and O–H groups in total. The van der Waals surface area contributed by atoms with Gasteiger partial charge in [0.15, 0.2) is 11.7 Å². The Hall–Kier alpha value is -3.13. The standard InChI is InChI=1S/C24H33N7O/c1-3-25-24(26-14-11-22-28-23(30-29-22)21-10-7-17-32-21)27-20-12-15-31(16-13-20)18(2)19-8-5-4-6-9-19/h4-10,17-18,20H,3,11-16H2,1-2H3,(H2,25,26,27)(H,28,29,30). The van der Waals surface area contributed by atoms with E-state index in [1.807, 2.05) is 12.1 Å². The maximum atomic E-state index is 5.34. The smallest absolute Gasteiger partial charge is 0.216 e. The molecule has 2 aromatic heterocycles. The van der Waals surface area contributed by atoms with Crippen LogP contribution in [0.1, 0.15) is 44.1 Å². The summed E-state index contributed by atoms with van der Waals surface area (Å²) in [4.78, 5) is 11.8. The predicted octanol–water partition coefficient (Wildman–Crippen LogP) is 3.39. The number of hydrogen-bond donors (Lipinski definition) is 3. The predicted molar refractivity (Wildman–Crippen MR) is 126 cm³/mol. The Balaban J connectivity index is 1.26. The Kier molecular flexibility index (Phi) is 7.55. The molecule has 32 heavy (non-hydrogen) atoms. The summed E-state index contributed by atoms with van der Waals surface area (Å²) in [5.41, 5.74) is 1.39. The second-order valence-corrected chi connectivity index (χ2v) is 8.13. The van der Waals surface area contributed by atoms with Crippen LogP contribution in [-0.4, -0.2) is 58.3 Å². The lowest BCUT2D eigenvalue weighted by molar-refractivity contribution is 0.158. The van der Waals surface area contributed by atoms with Gasteiger partial charge in [0, 0.05) is 44.7 Å². The van der Waals surface area contributed by atoms with Gasteiger partial charge in [-0.25, -0.2) is 4.98 Å². The molecule has 0 amide bonds. The number of nitrogens with zero attached hydrogens (tertiary/aromatic N) is 4. The Bertz CT molecular complexity index is 959. The summed E-state index contributed by atoms with van der Waals surface area (Å²) in [6, 6.07) is 15.3. The first kappa shape index (κ1) is 22.1. The summed E-state index contributed by atoms with van der Waals surface area (Å²) in [5, 5.41) is 14.2. The summed E-state index contributed by atoms with van der Waals surface area (Å²) < 4.78 is 5.34. The topological polar surface area (TPSA) is 94.4 Å². The third-order valence-electron chi connectivity index (χ3n) is 5.94. The van der Waals surface area contributed by atoms with Gasteiger partial charge in [0.1, 0.15) is 5.82 Å². The third kappa shape index (κ3) is 5.76. The van der Waals surface area contributed by atoms with Crippen molar-refractivity contribution in [3.05, 3.63) is 60.1 Å². The number of hydrogen-bond acceptors (Lipinski definition) is 5. The second kappa shape index (κ2) is 10.9. The van der Waals surface area contributed by atoms with Crippen molar-refractivity contribution in [2.24, 2.45) is 4.99 Å². The van der Waals surface area contributed by atoms with E-state index in [2.05, 4.69) is 74.9 Å². The molecule has 1 aliphatic heterocycles. The Morgan fingerprint density at radius 2 is 2.03 bits per heavy atom. The molecular formula is C24H33N7O. The van der Waals surface area contributed by atoms with E-state index < -0.39 is 0 Å². The summed E-state index contributed by atoms with van der Waals surface area (Å²) in [6.07, 6.45) is 4.53. The second-order valence-electron chi connectivity index (χ2n) is 8.13. The van der Waals surface area contributed by atoms with Crippen molar-refractivity contribution in [2.75, 3.05) is 26.2 Å². The van der Waals surface area contributed by atoms with Crippen molar-refractivity contribution in [1.29, 1.82) is 0 Å². The van der Waals surface area contributed by atoms with E-state index in [-0.39, 0.29) is 0 Å². The number of aromatic nitrogens is 3. The molecule has 1 aromatic carbocycles. The van der Waals surface area contributed by atoms with Gasteiger partial charge < -0.3 is 15.1 Å². The minimum Gasteiger partial charge on any atom is -0.461 e. The maximum absolute atomic E-state index is 5.34. The highest BCUT2D eigenvalue weighted by molar-refractivity contribution is 5.80. The molecule has 1 unspecified atom stereocenters. The van der Waals surface area contributed by atoms with E-state index in [9.17, 15) is 0 Å². The number of aliphatic imine (C=N–C) groups is 1. The molecule has 170 valence electrons. The van der Waals surface area contributed by atoms with E-state index in [0.717, 1.165) is 44.3 Å². The molecule has 0 spiro atoms. The van der Waals surface area contributed by atoms with E-state index in [0.29, 0.717) is 36.6 Å². The first-order chi connectivity index (χ1) is 15.7. The minimum absolute atomic E-state index is 0.433. The fraction of sp³-hybridized carbons (Fsp3) is 0.458. The van der Waals surface area contributed by atoms with Gasteiger partial charge in [-0.15, -0.1) is 0 Å². The molecule has 0 aliphatic carbocycles. The van der Waals surface area contributed by atoms with E-state index >= 15 is 0 Å². The van der Waals surface area contributed by atoms with Gasteiger partial charge in [0.05, 0.1) is 6.26 Å². The van der Waals surface area contributed by atoms with Gasteiger partial charge in [0.25, 0.3) is 0 Å². The van der Waals surface area contributed by atoms with Crippen LogP contribution in [0.25, 0.3) is 11.6 Å². The monoisotopic (exact) mass is 435 g/mol. The largest absolute Gasteiger partial charge is 0.461 e. The normalized spacial score (nSPS) is 16.8. The van der Waals surface area contributed by atoms with Crippen molar-refractivity contribution >= 4 is 5.96 Å². The van der Waals surface area contributed by atoms with Crippen LogP contribution >= 0.6 is 0 Å². The molecule has 8 nitrogen and oxygen atoms in total. The van der Waals surface area contributed by atoms with Crippen LogP contribution in [0.3, 0.4) is 0 Å². The first-order valence-corrected chi connectivity index (χ1v) is 11.5. The lowest BCUT2D eigenvalue weighted by atomic mass is 10.0. The molecular weight excluding hydrogens is 402 g/mol. The molecule has 0 saturated carbocycles. The zero-order valence-electron chi connectivity index (χ0n) is 18.9. The number of likely N-dealkylation sites (tertiary alicyclic amines) is 1. The molecule has 1 saturated heterocycles. The number of furan rings is 1. The number of H-pyrrole nitrogens is 1. The molecule has 1 aliphatic rings. The molecule has 1 fully saturated rings. The van der Waals surface area contributed by atoms with Gasteiger partial charge in [-0.2, -0.15) is 5.10 Å². The minimum atomic E-state index is 0.433. The SMILES string of the molecule is CCNC(=NCCc1nc(-c2ccco2)n[nH]1)NC1CCN(C(C)c2ccccc2)CC1. The van der Waals surface area contributed by atoms with Gasteiger partial charge in [-0.05, 0) is 44.4 Å². The molecule has 3 aromatic rings. The summed E-state index contributed by atoms with van der Waals surface area (Å²) in [6.45, 7) is 8.02. The molecule has 0 bridgehead atoms. The number of rotatable bonds is 8. The summed E-state index contributed by atoms with van der Waals surface area (Å²) in [7, 11) is 0. The highest BCUT2D eigenvalue weighted by atomic mass is 16.3. The van der Waals surface area contributed by atoms with Gasteiger partial charge in [-0.3, -0.25) is 15.0 Å². The van der Waals surface area contributed by atoms with Crippen LogP contribution in [-0.2, 0) is 6.42 Å². The fourth-order valence-electron chi connectivity index (χ4n) is 4.08. The number of piperidine rings is 1. The van der Waals surface area contributed by atoms with E-state index in [1.165, 1.54) is 5.56 Å². The van der Waals surface area contributed by atoms with Gasteiger partial charge in [0.2, 0.25) is 5.82 Å². The number of guanidine groups is 1. The zero-order chi connectivity index (χ0) is 22.2. The van der Waals surface area contributed by atoms with Crippen LogP contribution in [0, 0.1) is 0 Å². The average molecular weight is 436 g/mol. The van der Waals surface area contributed by atoms with E-state index in [4.69, 9.17) is 9.41 Å². The average Bonchev–Trinajstić information content (AvgIpc) is 3.52. The zero-order valence-corrected chi connectivity index (χ0v) is 18.9. The third-order valence-corrected chi connectivity index (χ3v) is 5.94. The fourth-order valence-corrected chi connectivity index (χ4v) is 4.08. The Morgan fingerprint density at radius 1 is 1.22 bits per heavy atom. The molecule has 3 heterocycles. The molecule has 4 rings (SSSR count). The highest BCUT2D eigenvalue weighted by Gasteiger charge is 2.24. The van der Waals surface area contributed by atoms with Crippen molar-refractivity contribution in [2.45, 2.75) is 45.2 Å². The van der Waals surface area contributed by atoms with Gasteiger partial charge >= 0.3 is 0 Å². The Morgan fingerprint density at radius 3 is 2.75 bits per heavy atom. The van der Waals surface area contributed by atoms with Crippen molar-refractivity contribution < 1.29 is 4.42 Å². The Labute approximate surface area is 189 Å². The number of benzene rings is 1.